The highest BCUT2D eigenvalue weighted by atomic mass is 16.2. The van der Waals surface area contributed by atoms with Crippen LogP contribution in [0.5, 0.6) is 0 Å². The highest BCUT2D eigenvalue weighted by Gasteiger charge is 2.33. The summed E-state index contributed by atoms with van der Waals surface area (Å²) in [5, 5.41) is 11.9. The Balaban J connectivity index is 1.31. The number of carbonyl (C=O) groups is 2. The van der Waals surface area contributed by atoms with E-state index in [1.54, 1.807) is 34.2 Å². The van der Waals surface area contributed by atoms with Crippen LogP contribution in [0.1, 0.15) is 22.5 Å². The SMILES string of the molecule is Cc1c(C(=O)N2CCCN2C(=O)Cn2ccc(-c3ccncc3)n2)cnn1-c1ccccc1. The molecule has 1 saturated heterocycles. The van der Waals surface area contributed by atoms with Gasteiger partial charge in [-0.1, -0.05) is 18.2 Å². The molecular formula is C24H23N7O2. The van der Waals surface area contributed by atoms with Gasteiger partial charge in [-0.15, -0.1) is 0 Å². The van der Waals surface area contributed by atoms with Crippen molar-refractivity contribution in [1.82, 2.24) is 34.6 Å². The van der Waals surface area contributed by atoms with Gasteiger partial charge in [0.1, 0.15) is 6.54 Å². The molecule has 0 atom stereocenters. The molecule has 1 fully saturated rings. The van der Waals surface area contributed by atoms with Crippen molar-refractivity contribution in [3.8, 4) is 16.9 Å². The summed E-state index contributed by atoms with van der Waals surface area (Å²) in [6.45, 7) is 2.90. The van der Waals surface area contributed by atoms with Gasteiger partial charge in [0, 0.05) is 37.2 Å². The lowest BCUT2D eigenvalue weighted by molar-refractivity contribution is -0.141. The molecule has 166 valence electrons. The lowest BCUT2D eigenvalue weighted by Crippen LogP contribution is -2.46. The van der Waals surface area contributed by atoms with E-state index in [2.05, 4.69) is 15.2 Å². The minimum absolute atomic E-state index is 0.0527. The first-order valence-corrected chi connectivity index (χ1v) is 10.8. The maximum absolute atomic E-state index is 13.3. The molecule has 0 spiro atoms. The maximum atomic E-state index is 13.3. The fourth-order valence-corrected chi connectivity index (χ4v) is 4.02. The van der Waals surface area contributed by atoms with Crippen molar-refractivity contribution in [2.24, 2.45) is 0 Å². The summed E-state index contributed by atoms with van der Waals surface area (Å²) in [4.78, 5) is 30.4. The molecule has 1 aliphatic heterocycles. The van der Waals surface area contributed by atoms with Crippen molar-refractivity contribution < 1.29 is 9.59 Å². The van der Waals surface area contributed by atoms with Crippen LogP contribution in [-0.4, -0.2) is 59.5 Å². The number of amides is 2. The van der Waals surface area contributed by atoms with Crippen molar-refractivity contribution in [3.05, 3.63) is 84.6 Å². The van der Waals surface area contributed by atoms with Crippen LogP contribution in [0.2, 0.25) is 0 Å². The highest BCUT2D eigenvalue weighted by molar-refractivity contribution is 5.96. The monoisotopic (exact) mass is 441 g/mol. The minimum Gasteiger partial charge on any atom is -0.271 e. The minimum atomic E-state index is -0.224. The van der Waals surface area contributed by atoms with Gasteiger partial charge >= 0.3 is 0 Å². The first-order valence-electron chi connectivity index (χ1n) is 10.8. The second-order valence-corrected chi connectivity index (χ2v) is 7.82. The maximum Gasteiger partial charge on any atom is 0.275 e. The Hall–Kier alpha value is -4.27. The third kappa shape index (κ3) is 4.00. The summed E-state index contributed by atoms with van der Waals surface area (Å²) in [6.07, 6.45) is 7.47. The number of benzene rings is 1. The topological polar surface area (TPSA) is 89.2 Å². The third-order valence-electron chi connectivity index (χ3n) is 5.71. The molecule has 4 heterocycles. The van der Waals surface area contributed by atoms with Crippen LogP contribution in [0.3, 0.4) is 0 Å². The van der Waals surface area contributed by atoms with Gasteiger partial charge in [0.2, 0.25) is 0 Å². The molecule has 1 aliphatic rings. The Morgan fingerprint density at radius 2 is 1.73 bits per heavy atom. The summed E-state index contributed by atoms with van der Waals surface area (Å²) in [7, 11) is 0. The van der Waals surface area contributed by atoms with Gasteiger partial charge < -0.3 is 0 Å². The van der Waals surface area contributed by atoms with E-state index in [-0.39, 0.29) is 18.4 Å². The summed E-state index contributed by atoms with van der Waals surface area (Å²) < 4.78 is 3.33. The van der Waals surface area contributed by atoms with Crippen molar-refractivity contribution in [3.63, 3.8) is 0 Å². The standard InChI is InChI=1S/C24H23N7O2/c1-18-21(16-26-31(18)20-6-3-2-4-7-20)24(33)30-14-5-13-29(30)23(32)17-28-15-10-22(27-28)19-8-11-25-12-9-19/h2-4,6-12,15-16H,5,13-14,17H2,1H3. The Bertz CT molecular complexity index is 1280. The van der Waals surface area contributed by atoms with Gasteiger partial charge in [-0.3, -0.25) is 19.3 Å². The molecule has 9 nitrogen and oxygen atoms in total. The molecule has 33 heavy (non-hydrogen) atoms. The summed E-state index contributed by atoms with van der Waals surface area (Å²) in [5.41, 5.74) is 3.80. The third-order valence-corrected chi connectivity index (χ3v) is 5.71. The predicted molar refractivity (Wildman–Crippen MR) is 121 cm³/mol. The van der Waals surface area contributed by atoms with E-state index >= 15 is 0 Å². The lowest BCUT2D eigenvalue weighted by Gasteiger charge is -2.27. The normalized spacial score (nSPS) is 13.5. The van der Waals surface area contributed by atoms with E-state index in [1.165, 1.54) is 10.0 Å². The fraction of sp³-hybridized carbons (Fsp3) is 0.208. The number of para-hydroxylation sites is 1. The number of hydrazine groups is 1. The first kappa shape index (κ1) is 20.6. The van der Waals surface area contributed by atoms with Gasteiger partial charge in [-0.25, -0.2) is 14.7 Å². The fourth-order valence-electron chi connectivity index (χ4n) is 4.02. The molecule has 0 bridgehead atoms. The van der Waals surface area contributed by atoms with Crippen molar-refractivity contribution >= 4 is 11.8 Å². The molecule has 2 amide bonds. The number of hydrogen-bond donors (Lipinski definition) is 0. The Labute approximate surface area is 190 Å². The highest BCUT2D eigenvalue weighted by Crippen LogP contribution is 2.21. The Morgan fingerprint density at radius 1 is 0.970 bits per heavy atom. The molecule has 0 unspecified atom stereocenters. The zero-order valence-corrected chi connectivity index (χ0v) is 18.2. The summed E-state index contributed by atoms with van der Waals surface area (Å²) in [6, 6.07) is 15.2. The molecule has 0 radical (unpaired) electrons. The van der Waals surface area contributed by atoms with Crippen molar-refractivity contribution in [2.75, 3.05) is 13.1 Å². The number of hydrogen-bond acceptors (Lipinski definition) is 5. The average Bonchev–Trinajstić information content (AvgIpc) is 3.60. The van der Waals surface area contributed by atoms with E-state index in [9.17, 15) is 9.59 Å². The second kappa shape index (κ2) is 8.70. The van der Waals surface area contributed by atoms with Crippen molar-refractivity contribution in [1.29, 1.82) is 0 Å². The molecule has 0 aliphatic carbocycles. The van der Waals surface area contributed by atoms with Gasteiger partial charge in [-0.05, 0) is 43.7 Å². The Kier molecular flexibility index (Phi) is 5.43. The van der Waals surface area contributed by atoms with Gasteiger partial charge in [0.15, 0.2) is 0 Å². The smallest absolute Gasteiger partial charge is 0.271 e. The quantitative estimate of drug-likeness (QED) is 0.475. The van der Waals surface area contributed by atoms with E-state index in [0.717, 1.165) is 29.1 Å². The molecule has 3 aromatic heterocycles. The number of pyridine rings is 1. The van der Waals surface area contributed by atoms with Gasteiger partial charge in [0.05, 0.1) is 28.8 Å². The van der Waals surface area contributed by atoms with E-state index in [4.69, 9.17) is 0 Å². The summed E-state index contributed by atoms with van der Waals surface area (Å²) >= 11 is 0. The van der Waals surface area contributed by atoms with E-state index in [0.29, 0.717) is 18.7 Å². The van der Waals surface area contributed by atoms with E-state index < -0.39 is 0 Å². The van der Waals surface area contributed by atoms with Crippen LogP contribution in [0, 0.1) is 6.92 Å². The number of nitrogens with zero attached hydrogens (tertiary/aromatic N) is 7. The van der Waals surface area contributed by atoms with Crippen LogP contribution in [0.25, 0.3) is 16.9 Å². The first-order chi connectivity index (χ1) is 16.1. The van der Waals surface area contributed by atoms with Crippen molar-refractivity contribution in [2.45, 2.75) is 19.9 Å². The van der Waals surface area contributed by atoms with Crippen LogP contribution in [0.15, 0.2) is 73.3 Å². The molecule has 1 aromatic carbocycles. The van der Waals surface area contributed by atoms with Crippen LogP contribution >= 0.6 is 0 Å². The van der Waals surface area contributed by atoms with Crippen LogP contribution in [-0.2, 0) is 11.3 Å². The van der Waals surface area contributed by atoms with Crippen LogP contribution in [0.4, 0.5) is 0 Å². The number of carbonyl (C=O) groups excluding carboxylic acids is 2. The average molecular weight is 441 g/mol. The summed E-state index contributed by atoms with van der Waals surface area (Å²) in [5.74, 6) is -0.406. The van der Waals surface area contributed by atoms with Gasteiger partial charge in [0.25, 0.3) is 11.8 Å². The zero-order chi connectivity index (χ0) is 22.8. The van der Waals surface area contributed by atoms with Crippen LogP contribution < -0.4 is 0 Å². The molecular weight excluding hydrogens is 418 g/mol. The van der Waals surface area contributed by atoms with E-state index in [1.807, 2.05) is 55.5 Å². The molecule has 9 heteroatoms. The predicted octanol–water partition coefficient (Wildman–Crippen LogP) is 2.73. The largest absolute Gasteiger partial charge is 0.275 e. The molecule has 4 aromatic rings. The molecule has 0 saturated carbocycles. The van der Waals surface area contributed by atoms with Gasteiger partial charge in [-0.2, -0.15) is 10.2 Å². The lowest BCUT2D eigenvalue weighted by atomic mass is 10.2. The Morgan fingerprint density at radius 3 is 2.52 bits per heavy atom. The number of rotatable bonds is 5. The zero-order valence-electron chi connectivity index (χ0n) is 18.2. The second-order valence-electron chi connectivity index (χ2n) is 7.82. The molecule has 0 N–H and O–H groups in total. The number of aromatic nitrogens is 5. The molecule has 5 rings (SSSR count).